The maximum atomic E-state index is 3.43. The normalized spacial score (nSPS) is 25.4. The summed E-state index contributed by atoms with van der Waals surface area (Å²) in [5.41, 5.74) is 0. The zero-order valence-electron chi connectivity index (χ0n) is 7.53. The summed E-state index contributed by atoms with van der Waals surface area (Å²) < 4.78 is 0. The Bertz CT molecular complexity index is 87.6. The molecule has 2 N–H and O–H groups in total. The second-order valence-corrected chi connectivity index (χ2v) is 3.35. The Balaban J connectivity index is 1.96. The van der Waals surface area contributed by atoms with Crippen LogP contribution < -0.4 is 10.6 Å². The molecule has 0 aromatic heterocycles. The van der Waals surface area contributed by atoms with Crippen molar-refractivity contribution in [2.45, 2.75) is 26.2 Å². The largest absolute Gasteiger partial charge is 0.317 e. The fourth-order valence-corrected chi connectivity index (χ4v) is 1.65. The van der Waals surface area contributed by atoms with Gasteiger partial charge in [-0.2, -0.15) is 0 Å². The first-order chi connectivity index (χ1) is 5.43. The molecule has 66 valence electrons. The van der Waals surface area contributed by atoms with E-state index in [1.54, 1.807) is 0 Å². The summed E-state index contributed by atoms with van der Waals surface area (Å²) in [6.07, 6.45) is 4.15. The maximum Gasteiger partial charge on any atom is -0.00200 e. The van der Waals surface area contributed by atoms with E-state index in [0.717, 1.165) is 12.5 Å². The van der Waals surface area contributed by atoms with Crippen LogP contribution in [0.25, 0.3) is 0 Å². The highest BCUT2D eigenvalue weighted by molar-refractivity contribution is 4.69. The Labute approximate surface area is 69.8 Å². The van der Waals surface area contributed by atoms with Gasteiger partial charge >= 0.3 is 0 Å². The average molecular weight is 156 g/mol. The Morgan fingerprint density at radius 2 is 2.45 bits per heavy atom. The summed E-state index contributed by atoms with van der Waals surface area (Å²) in [6.45, 7) is 6.95. The highest BCUT2D eigenvalue weighted by Crippen LogP contribution is 2.12. The van der Waals surface area contributed by atoms with Crippen molar-refractivity contribution in [1.82, 2.24) is 10.6 Å². The molecule has 0 bridgehead atoms. The topological polar surface area (TPSA) is 24.1 Å². The molecule has 1 fully saturated rings. The molecular formula is C9H20N2. The van der Waals surface area contributed by atoms with E-state index < -0.39 is 0 Å². The molecule has 2 nitrogen and oxygen atoms in total. The Hall–Kier alpha value is -0.0800. The molecule has 0 aliphatic carbocycles. The average Bonchev–Trinajstić information content (AvgIpc) is 2.07. The highest BCUT2D eigenvalue weighted by Gasteiger charge is 2.11. The van der Waals surface area contributed by atoms with Gasteiger partial charge in [-0.25, -0.2) is 0 Å². The van der Waals surface area contributed by atoms with E-state index in [4.69, 9.17) is 0 Å². The van der Waals surface area contributed by atoms with Crippen molar-refractivity contribution in [2.75, 3.05) is 26.2 Å². The van der Waals surface area contributed by atoms with Crippen LogP contribution in [0.15, 0.2) is 0 Å². The molecule has 0 radical (unpaired) electrons. The van der Waals surface area contributed by atoms with Gasteiger partial charge in [0.1, 0.15) is 0 Å². The van der Waals surface area contributed by atoms with Gasteiger partial charge in [0, 0.05) is 0 Å². The molecule has 11 heavy (non-hydrogen) atoms. The molecule has 0 aromatic carbocycles. The minimum Gasteiger partial charge on any atom is -0.317 e. The molecule has 0 unspecified atom stereocenters. The lowest BCUT2D eigenvalue weighted by Crippen LogP contribution is -2.31. The highest BCUT2D eigenvalue weighted by atomic mass is 14.9. The Morgan fingerprint density at radius 3 is 3.09 bits per heavy atom. The van der Waals surface area contributed by atoms with Crippen molar-refractivity contribution in [3.05, 3.63) is 0 Å². The molecule has 1 aliphatic rings. The van der Waals surface area contributed by atoms with Crippen molar-refractivity contribution in [1.29, 1.82) is 0 Å². The third kappa shape index (κ3) is 3.73. The van der Waals surface area contributed by atoms with Crippen LogP contribution >= 0.6 is 0 Å². The molecule has 0 spiro atoms. The second-order valence-electron chi connectivity index (χ2n) is 3.35. The minimum absolute atomic E-state index is 0.933. The van der Waals surface area contributed by atoms with Gasteiger partial charge in [-0.05, 0) is 51.4 Å². The summed E-state index contributed by atoms with van der Waals surface area (Å²) in [5, 5.41) is 6.80. The molecule has 1 atom stereocenters. The molecule has 1 rings (SSSR count). The third-order valence-electron chi connectivity index (χ3n) is 2.38. The first kappa shape index (κ1) is 9.01. The number of rotatable bonds is 4. The predicted molar refractivity (Wildman–Crippen MR) is 48.8 cm³/mol. The monoisotopic (exact) mass is 156 g/mol. The predicted octanol–water partition coefficient (Wildman–Crippen LogP) is 0.986. The summed E-state index contributed by atoms with van der Waals surface area (Å²) in [6, 6.07) is 0. The lowest BCUT2D eigenvalue weighted by atomic mass is 9.96. The van der Waals surface area contributed by atoms with E-state index >= 15 is 0 Å². The van der Waals surface area contributed by atoms with Crippen LogP contribution in [0.2, 0.25) is 0 Å². The van der Waals surface area contributed by atoms with Crippen LogP contribution in [-0.4, -0.2) is 26.2 Å². The number of nitrogens with one attached hydrogen (secondary N) is 2. The zero-order valence-corrected chi connectivity index (χ0v) is 7.53. The summed E-state index contributed by atoms with van der Waals surface area (Å²) >= 11 is 0. The van der Waals surface area contributed by atoms with Gasteiger partial charge < -0.3 is 10.6 Å². The molecule has 0 saturated carbocycles. The van der Waals surface area contributed by atoms with E-state index in [0.29, 0.717) is 0 Å². The number of piperidine rings is 1. The van der Waals surface area contributed by atoms with Crippen molar-refractivity contribution < 1.29 is 0 Å². The molecule has 0 aromatic rings. The Kier molecular flexibility index (Phi) is 4.55. The van der Waals surface area contributed by atoms with Gasteiger partial charge in [0.15, 0.2) is 0 Å². The van der Waals surface area contributed by atoms with E-state index in [-0.39, 0.29) is 0 Å². The van der Waals surface area contributed by atoms with E-state index in [1.165, 1.54) is 38.9 Å². The smallest absolute Gasteiger partial charge is 0.00200 e. The van der Waals surface area contributed by atoms with Crippen molar-refractivity contribution >= 4 is 0 Å². The summed E-state index contributed by atoms with van der Waals surface area (Å²) in [4.78, 5) is 0. The SMILES string of the molecule is CCNCC[C@@H]1CCCNC1. The van der Waals surface area contributed by atoms with Crippen LogP contribution in [0.5, 0.6) is 0 Å². The lowest BCUT2D eigenvalue weighted by Gasteiger charge is -2.22. The van der Waals surface area contributed by atoms with Crippen LogP contribution in [0.3, 0.4) is 0 Å². The van der Waals surface area contributed by atoms with Gasteiger partial charge in [0.05, 0.1) is 0 Å². The Morgan fingerprint density at radius 1 is 1.55 bits per heavy atom. The van der Waals surface area contributed by atoms with Gasteiger partial charge in [-0.3, -0.25) is 0 Å². The summed E-state index contributed by atoms with van der Waals surface area (Å²) in [7, 11) is 0. The minimum atomic E-state index is 0.933. The van der Waals surface area contributed by atoms with Crippen LogP contribution in [0.4, 0.5) is 0 Å². The number of hydrogen-bond donors (Lipinski definition) is 2. The van der Waals surface area contributed by atoms with Crippen LogP contribution in [0, 0.1) is 5.92 Å². The molecule has 0 amide bonds. The van der Waals surface area contributed by atoms with E-state index in [9.17, 15) is 0 Å². The van der Waals surface area contributed by atoms with Crippen molar-refractivity contribution in [2.24, 2.45) is 5.92 Å². The van der Waals surface area contributed by atoms with Crippen LogP contribution in [-0.2, 0) is 0 Å². The second kappa shape index (κ2) is 5.56. The number of hydrogen-bond acceptors (Lipinski definition) is 2. The lowest BCUT2D eigenvalue weighted by molar-refractivity contribution is 0.353. The van der Waals surface area contributed by atoms with Gasteiger partial charge in [0.25, 0.3) is 0 Å². The quantitative estimate of drug-likeness (QED) is 0.593. The van der Waals surface area contributed by atoms with Gasteiger partial charge in [-0.1, -0.05) is 6.92 Å². The molecule has 1 aliphatic heterocycles. The standard InChI is InChI=1S/C9H20N2/c1-2-10-7-5-9-4-3-6-11-8-9/h9-11H,2-8H2,1H3/t9-/m0/s1. The first-order valence-corrected chi connectivity index (χ1v) is 4.85. The van der Waals surface area contributed by atoms with Crippen molar-refractivity contribution in [3.8, 4) is 0 Å². The van der Waals surface area contributed by atoms with Gasteiger partial charge in [-0.15, -0.1) is 0 Å². The first-order valence-electron chi connectivity index (χ1n) is 4.85. The van der Waals surface area contributed by atoms with Gasteiger partial charge in [0.2, 0.25) is 0 Å². The zero-order chi connectivity index (χ0) is 7.94. The molecule has 1 saturated heterocycles. The fraction of sp³-hybridized carbons (Fsp3) is 1.00. The van der Waals surface area contributed by atoms with Crippen molar-refractivity contribution in [3.63, 3.8) is 0 Å². The van der Waals surface area contributed by atoms with Crippen LogP contribution in [0.1, 0.15) is 26.2 Å². The maximum absolute atomic E-state index is 3.43. The fourth-order valence-electron chi connectivity index (χ4n) is 1.65. The third-order valence-corrected chi connectivity index (χ3v) is 2.38. The molecule has 2 heteroatoms. The summed E-state index contributed by atoms with van der Waals surface area (Å²) in [5.74, 6) is 0.933. The van der Waals surface area contributed by atoms with E-state index in [2.05, 4.69) is 17.6 Å². The van der Waals surface area contributed by atoms with E-state index in [1.807, 2.05) is 0 Å². The molecular weight excluding hydrogens is 136 g/mol. The molecule has 1 heterocycles.